The van der Waals surface area contributed by atoms with Crippen LogP contribution in [0.1, 0.15) is 5.56 Å². The van der Waals surface area contributed by atoms with E-state index < -0.39 is 16.3 Å². The standard InChI is InChI=1S/C7H8S2.ClH.Sb/c1-5-2-3-6(8)7(9)4-5;;/h2-4,8-9H,1H3;1H;/q;;+3/p-3. The van der Waals surface area contributed by atoms with Gasteiger partial charge in [-0.1, -0.05) is 0 Å². The van der Waals surface area contributed by atoms with E-state index in [0.717, 1.165) is 0 Å². The summed E-state index contributed by atoms with van der Waals surface area (Å²) in [6.45, 7) is 2.12. The molecule has 0 atom stereocenters. The van der Waals surface area contributed by atoms with Crippen molar-refractivity contribution in [2.45, 2.75) is 16.7 Å². The Labute approximate surface area is 82.5 Å². The van der Waals surface area contributed by atoms with Crippen molar-refractivity contribution in [1.82, 2.24) is 0 Å². The summed E-state index contributed by atoms with van der Waals surface area (Å²) in [5.41, 5.74) is 1.34. The molecular formula is C7H6ClS2Sb. The van der Waals surface area contributed by atoms with E-state index >= 15 is 0 Å². The number of halogens is 1. The minimum atomic E-state index is -1.44. The van der Waals surface area contributed by atoms with Crippen LogP contribution in [0.3, 0.4) is 0 Å². The van der Waals surface area contributed by atoms with Crippen LogP contribution in [0.25, 0.3) is 0 Å². The van der Waals surface area contributed by atoms with Crippen molar-refractivity contribution in [2.24, 2.45) is 0 Å². The summed E-state index contributed by atoms with van der Waals surface area (Å²) in [5, 5.41) is 0. The van der Waals surface area contributed by atoms with Crippen LogP contribution in [-0.4, -0.2) is 16.3 Å². The van der Waals surface area contributed by atoms with Gasteiger partial charge in [-0.2, -0.15) is 0 Å². The Bertz CT molecular complexity index is 290. The van der Waals surface area contributed by atoms with Gasteiger partial charge in [-0.25, -0.2) is 0 Å². The summed E-state index contributed by atoms with van der Waals surface area (Å²) < 4.78 is 0. The maximum absolute atomic E-state index is 6.14. The second kappa shape index (κ2) is 3.41. The summed E-state index contributed by atoms with van der Waals surface area (Å²) in [6, 6.07) is 6.58. The molecule has 1 aromatic rings. The average molecular weight is 311 g/mol. The molecule has 0 saturated heterocycles. The van der Waals surface area contributed by atoms with Crippen molar-refractivity contribution in [3.8, 4) is 0 Å². The summed E-state index contributed by atoms with van der Waals surface area (Å²) >= 11 is -1.44. The van der Waals surface area contributed by atoms with Crippen LogP contribution in [0.15, 0.2) is 28.0 Å². The molecule has 2 rings (SSSR count). The Kier molecular flexibility index (Phi) is 2.67. The summed E-state index contributed by atoms with van der Waals surface area (Å²) in [5.74, 6) is 0. The van der Waals surface area contributed by atoms with Crippen molar-refractivity contribution in [1.29, 1.82) is 0 Å². The van der Waals surface area contributed by atoms with Crippen molar-refractivity contribution >= 4 is 42.8 Å². The van der Waals surface area contributed by atoms with Gasteiger partial charge < -0.3 is 0 Å². The van der Waals surface area contributed by atoms with E-state index in [1.165, 1.54) is 15.4 Å². The molecular weight excluding hydrogens is 305 g/mol. The van der Waals surface area contributed by atoms with Gasteiger partial charge in [-0.05, 0) is 0 Å². The first-order chi connectivity index (χ1) is 5.25. The normalized spacial score (nSPS) is 16.9. The summed E-state index contributed by atoms with van der Waals surface area (Å²) in [4.78, 5) is 2.81. The van der Waals surface area contributed by atoms with Crippen LogP contribution < -0.4 is 0 Å². The molecule has 0 amide bonds. The fraction of sp³-hybridized carbons (Fsp3) is 0.143. The molecule has 0 aliphatic carbocycles. The molecule has 1 aliphatic heterocycles. The molecule has 1 aromatic carbocycles. The van der Waals surface area contributed by atoms with E-state index in [1.54, 1.807) is 0 Å². The molecule has 0 bridgehead atoms. The Morgan fingerprint density at radius 3 is 2.82 bits per heavy atom. The first-order valence-electron chi connectivity index (χ1n) is 3.18. The van der Waals surface area contributed by atoms with Crippen LogP contribution in [0.2, 0.25) is 0 Å². The molecule has 1 heterocycles. The van der Waals surface area contributed by atoms with Crippen molar-refractivity contribution in [3.05, 3.63) is 23.8 Å². The first-order valence-corrected chi connectivity index (χ1v) is 14.2. The number of hydrogen-bond acceptors (Lipinski definition) is 2. The third kappa shape index (κ3) is 1.85. The first kappa shape index (κ1) is 8.62. The van der Waals surface area contributed by atoms with Crippen molar-refractivity contribution in [3.63, 3.8) is 0 Å². The zero-order valence-electron chi connectivity index (χ0n) is 5.87. The maximum atomic E-state index is 6.14. The molecule has 0 N–H and O–H groups in total. The van der Waals surface area contributed by atoms with E-state index in [2.05, 4.69) is 25.1 Å². The number of aryl methyl sites for hydroxylation is 1. The second-order valence-electron chi connectivity index (χ2n) is 2.35. The molecule has 0 saturated carbocycles. The van der Waals surface area contributed by atoms with Crippen molar-refractivity contribution in [2.75, 3.05) is 0 Å². The minimum absolute atomic E-state index is 1.34. The predicted molar refractivity (Wildman–Crippen MR) is 54.5 cm³/mol. The van der Waals surface area contributed by atoms with Gasteiger partial charge in [0.15, 0.2) is 0 Å². The van der Waals surface area contributed by atoms with Gasteiger partial charge in [-0.15, -0.1) is 0 Å². The van der Waals surface area contributed by atoms with E-state index in [9.17, 15) is 0 Å². The van der Waals surface area contributed by atoms with Crippen LogP contribution in [-0.2, 0) is 0 Å². The van der Waals surface area contributed by atoms with Crippen LogP contribution in [0, 0.1) is 6.92 Å². The number of benzene rings is 1. The van der Waals surface area contributed by atoms with Gasteiger partial charge in [0.1, 0.15) is 0 Å². The molecule has 1 aliphatic rings. The van der Waals surface area contributed by atoms with Crippen molar-refractivity contribution < 1.29 is 0 Å². The zero-order chi connectivity index (χ0) is 7.84. The SMILES string of the molecule is Cc1ccc2c(c1)[S][Sb]([Cl])[S]2. The molecule has 0 radical (unpaired) electrons. The fourth-order valence-electron chi connectivity index (χ4n) is 0.935. The number of hydrogen-bond donors (Lipinski definition) is 0. The van der Waals surface area contributed by atoms with Gasteiger partial charge in [0.2, 0.25) is 0 Å². The third-order valence-corrected chi connectivity index (χ3v) is 14.5. The molecule has 4 heteroatoms. The van der Waals surface area contributed by atoms with Gasteiger partial charge in [0, 0.05) is 0 Å². The molecule has 0 fully saturated rings. The Hall–Kier alpha value is 1.03. The quantitative estimate of drug-likeness (QED) is 0.673. The zero-order valence-corrected chi connectivity index (χ0v) is 10.8. The van der Waals surface area contributed by atoms with Crippen LogP contribution >= 0.6 is 26.5 Å². The monoisotopic (exact) mass is 310 g/mol. The molecule has 0 aromatic heterocycles. The van der Waals surface area contributed by atoms with Gasteiger partial charge in [-0.3, -0.25) is 0 Å². The van der Waals surface area contributed by atoms with E-state index in [0.29, 0.717) is 0 Å². The number of fused-ring (bicyclic) bond motifs is 1. The summed E-state index contributed by atoms with van der Waals surface area (Å²) in [6.07, 6.45) is 0. The van der Waals surface area contributed by atoms with Gasteiger partial charge in [0.05, 0.1) is 0 Å². The van der Waals surface area contributed by atoms with Gasteiger partial charge >= 0.3 is 83.3 Å². The van der Waals surface area contributed by atoms with Crippen LogP contribution in [0.5, 0.6) is 0 Å². The van der Waals surface area contributed by atoms with Crippen LogP contribution in [0.4, 0.5) is 0 Å². The molecule has 58 valence electrons. The Balaban J connectivity index is 2.43. The topological polar surface area (TPSA) is 0 Å². The molecule has 0 unspecified atom stereocenters. The predicted octanol–water partition coefficient (Wildman–Crippen LogP) is 3.42. The molecule has 0 nitrogen and oxygen atoms in total. The fourth-order valence-corrected chi connectivity index (χ4v) is 15.9. The second-order valence-corrected chi connectivity index (χ2v) is 19.3. The van der Waals surface area contributed by atoms with Gasteiger partial charge in [0.25, 0.3) is 0 Å². The summed E-state index contributed by atoms with van der Waals surface area (Å²) in [7, 11) is 9.97. The Morgan fingerprint density at radius 1 is 1.27 bits per heavy atom. The van der Waals surface area contributed by atoms with E-state index in [1.807, 2.05) is 17.7 Å². The Morgan fingerprint density at radius 2 is 2.00 bits per heavy atom. The number of rotatable bonds is 0. The van der Waals surface area contributed by atoms with E-state index in [-0.39, 0.29) is 0 Å². The average Bonchev–Trinajstić information content (AvgIpc) is 2.27. The molecule has 0 spiro atoms. The third-order valence-electron chi connectivity index (χ3n) is 1.44. The van der Waals surface area contributed by atoms with E-state index in [4.69, 9.17) is 8.83 Å². The molecule has 11 heavy (non-hydrogen) atoms.